The first kappa shape index (κ1) is 11.9. The fourth-order valence-corrected chi connectivity index (χ4v) is 2.12. The summed E-state index contributed by atoms with van der Waals surface area (Å²) >= 11 is 0. The van der Waals surface area contributed by atoms with Crippen LogP contribution in [0, 0.1) is 18.3 Å². The summed E-state index contributed by atoms with van der Waals surface area (Å²) in [5, 5.41) is 15.8. The summed E-state index contributed by atoms with van der Waals surface area (Å²) in [4.78, 5) is 4.31. The lowest BCUT2D eigenvalue weighted by Gasteiger charge is -2.29. The summed E-state index contributed by atoms with van der Waals surface area (Å²) in [6.07, 6.45) is 4.01. The van der Waals surface area contributed by atoms with Crippen LogP contribution in [0.4, 0.5) is 5.82 Å². The molecule has 2 heterocycles. The summed E-state index contributed by atoms with van der Waals surface area (Å²) in [5.41, 5.74) is 1.63. The van der Waals surface area contributed by atoms with E-state index in [1.807, 2.05) is 6.92 Å². The lowest BCUT2D eigenvalue weighted by molar-refractivity contribution is 0.398. The average molecular weight is 230 g/mol. The zero-order chi connectivity index (χ0) is 12.3. The van der Waals surface area contributed by atoms with Crippen LogP contribution in [0.1, 0.15) is 30.9 Å². The van der Waals surface area contributed by atoms with Crippen LogP contribution >= 0.6 is 0 Å². The summed E-state index contributed by atoms with van der Waals surface area (Å²) in [5.74, 6) is 0.838. The van der Waals surface area contributed by atoms with Crippen molar-refractivity contribution >= 4 is 5.82 Å². The Balaban J connectivity index is 2.06. The van der Waals surface area contributed by atoms with Crippen LogP contribution < -0.4 is 10.6 Å². The van der Waals surface area contributed by atoms with Crippen molar-refractivity contribution < 1.29 is 0 Å². The van der Waals surface area contributed by atoms with E-state index < -0.39 is 0 Å². The Kier molecular flexibility index (Phi) is 3.60. The SMILES string of the molecule is Cc1c(C#N)ccnc1N[C@@H]1CC[C@@H](C)NC1. The van der Waals surface area contributed by atoms with Crippen molar-refractivity contribution in [2.45, 2.75) is 38.8 Å². The van der Waals surface area contributed by atoms with Crippen molar-refractivity contribution in [1.82, 2.24) is 10.3 Å². The van der Waals surface area contributed by atoms with Gasteiger partial charge in [0.25, 0.3) is 0 Å². The van der Waals surface area contributed by atoms with Gasteiger partial charge in [0.15, 0.2) is 0 Å². The van der Waals surface area contributed by atoms with Crippen LogP contribution in [0.5, 0.6) is 0 Å². The van der Waals surface area contributed by atoms with Crippen molar-refractivity contribution in [3.63, 3.8) is 0 Å². The van der Waals surface area contributed by atoms with Crippen LogP contribution in [-0.2, 0) is 0 Å². The number of rotatable bonds is 2. The Bertz CT molecular complexity index is 428. The second-order valence-electron chi connectivity index (χ2n) is 4.67. The molecule has 1 fully saturated rings. The highest BCUT2D eigenvalue weighted by Gasteiger charge is 2.18. The molecule has 1 aromatic rings. The molecule has 17 heavy (non-hydrogen) atoms. The fourth-order valence-electron chi connectivity index (χ4n) is 2.12. The predicted octanol–water partition coefficient (Wildman–Crippen LogP) is 1.81. The largest absolute Gasteiger partial charge is 0.366 e. The Morgan fingerprint density at radius 3 is 3.00 bits per heavy atom. The minimum Gasteiger partial charge on any atom is -0.366 e. The van der Waals surface area contributed by atoms with Gasteiger partial charge in [0, 0.05) is 30.4 Å². The quantitative estimate of drug-likeness (QED) is 0.813. The summed E-state index contributed by atoms with van der Waals surface area (Å²) in [6, 6.07) is 4.95. The highest BCUT2D eigenvalue weighted by Crippen LogP contribution is 2.18. The molecule has 0 unspecified atom stereocenters. The van der Waals surface area contributed by atoms with Crippen molar-refractivity contribution in [2.24, 2.45) is 0 Å². The molecule has 2 rings (SSSR count). The zero-order valence-electron chi connectivity index (χ0n) is 10.3. The van der Waals surface area contributed by atoms with E-state index in [1.54, 1.807) is 12.3 Å². The maximum atomic E-state index is 8.97. The molecule has 0 bridgehead atoms. The molecule has 90 valence electrons. The highest BCUT2D eigenvalue weighted by molar-refractivity contribution is 5.52. The predicted molar refractivity (Wildman–Crippen MR) is 67.8 cm³/mol. The Labute approximate surface area is 102 Å². The molecule has 4 heteroatoms. The minimum absolute atomic E-state index is 0.409. The van der Waals surface area contributed by atoms with Crippen LogP contribution in [0.15, 0.2) is 12.3 Å². The van der Waals surface area contributed by atoms with Gasteiger partial charge >= 0.3 is 0 Å². The van der Waals surface area contributed by atoms with Crippen LogP contribution in [0.25, 0.3) is 0 Å². The molecule has 0 amide bonds. The Hall–Kier alpha value is -1.60. The van der Waals surface area contributed by atoms with E-state index in [4.69, 9.17) is 5.26 Å². The van der Waals surface area contributed by atoms with Gasteiger partial charge in [-0.2, -0.15) is 5.26 Å². The first-order valence-electron chi connectivity index (χ1n) is 6.06. The number of aromatic nitrogens is 1. The van der Waals surface area contributed by atoms with Crippen molar-refractivity contribution in [3.05, 3.63) is 23.4 Å². The third-order valence-electron chi connectivity index (χ3n) is 3.33. The van der Waals surface area contributed by atoms with E-state index in [-0.39, 0.29) is 0 Å². The maximum absolute atomic E-state index is 8.97. The van der Waals surface area contributed by atoms with Gasteiger partial charge in [0.05, 0.1) is 11.6 Å². The van der Waals surface area contributed by atoms with E-state index in [0.717, 1.165) is 24.3 Å². The number of nitrogens with one attached hydrogen (secondary N) is 2. The lowest BCUT2D eigenvalue weighted by atomic mass is 10.0. The molecule has 0 spiro atoms. The zero-order valence-corrected chi connectivity index (χ0v) is 10.3. The molecule has 1 aliphatic rings. The van der Waals surface area contributed by atoms with E-state index >= 15 is 0 Å². The summed E-state index contributed by atoms with van der Waals surface area (Å²) < 4.78 is 0. The number of anilines is 1. The van der Waals surface area contributed by atoms with Crippen LogP contribution in [0.3, 0.4) is 0 Å². The van der Waals surface area contributed by atoms with Crippen LogP contribution in [-0.4, -0.2) is 23.6 Å². The van der Waals surface area contributed by atoms with Crippen LogP contribution in [0.2, 0.25) is 0 Å². The van der Waals surface area contributed by atoms with Gasteiger partial charge < -0.3 is 10.6 Å². The highest BCUT2D eigenvalue weighted by atomic mass is 15.1. The number of nitriles is 1. The van der Waals surface area contributed by atoms with Crippen molar-refractivity contribution in [1.29, 1.82) is 5.26 Å². The first-order valence-corrected chi connectivity index (χ1v) is 6.06. The number of hydrogen-bond donors (Lipinski definition) is 2. The van der Waals surface area contributed by atoms with Gasteiger partial charge in [-0.15, -0.1) is 0 Å². The minimum atomic E-state index is 0.409. The van der Waals surface area contributed by atoms with Crippen molar-refractivity contribution in [2.75, 3.05) is 11.9 Å². The lowest BCUT2D eigenvalue weighted by Crippen LogP contribution is -2.43. The van der Waals surface area contributed by atoms with E-state index in [0.29, 0.717) is 17.6 Å². The second-order valence-corrected chi connectivity index (χ2v) is 4.67. The molecule has 0 aromatic carbocycles. The normalized spacial score (nSPS) is 24.1. The molecule has 1 aliphatic heterocycles. The molecule has 0 radical (unpaired) electrons. The number of nitrogens with zero attached hydrogens (tertiary/aromatic N) is 2. The van der Waals surface area contributed by atoms with Gasteiger partial charge in [-0.25, -0.2) is 4.98 Å². The topological polar surface area (TPSA) is 60.7 Å². The third kappa shape index (κ3) is 2.75. The third-order valence-corrected chi connectivity index (χ3v) is 3.33. The first-order chi connectivity index (χ1) is 8.20. The monoisotopic (exact) mass is 230 g/mol. The van der Waals surface area contributed by atoms with E-state index in [9.17, 15) is 0 Å². The molecule has 1 saturated heterocycles. The number of hydrogen-bond acceptors (Lipinski definition) is 4. The summed E-state index contributed by atoms with van der Waals surface area (Å²) in [7, 11) is 0. The molecular weight excluding hydrogens is 212 g/mol. The Morgan fingerprint density at radius 2 is 2.35 bits per heavy atom. The van der Waals surface area contributed by atoms with Gasteiger partial charge in [0.1, 0.15) is 5.82 Å². The molecular formula is C13H18N4. The Morgan fingerprint density at radius 1 is 1.53 bits per heavy atom. The number of pyridine rings is 1. The molecule has 0 saturated carbocycles. The second kappa shape index (κ2) is 5.15. The maximum Gasteiger partial charge on any atom is 0.130 e. The number of piperidine rings is 1. The molecule has 1 aromatic heterocycles. The van der Waals surface area contributed by atoms with Gasteiger partial charge in [-0.1, -0.05) is 0 Å². The molecule has 4 nitrogen and oxygen atoms in total. The average Bonchev–Trinajstić information content (AvgIpc) is 2.35. The fraction of sp³-hybridized carbons (Fsp3) is 0.538. The molecule has 2 atom stereocenters. The smallest absolute Gasteiger partial charge is 0.130 e. The van der Waals surface area contributed by atoms with Gasteiger partial charge in [-0.3, -0.25) is 0 Å². The van der Waals surface area contributed by atoms with E-state index in [2.05, 4.69) is 28.6 Å². The van der Waals surface area contributed by atoms with Crippen molar-refractivity contribution in [3.8, 4) is 6.07 Å². The molecule has 2 N–H and O–H groups in total. The molecule has 0 aliphatic carbocycles. The van der Waals surface area contributed by atoms with E-state index in [1.165, 1.54) is 6.42 Å². The standard InChI is InChI=1S/C13H18N4/c1-9-3-4-12(8-16-9)17-13-10(2)11(7-14)5-6-15-13/h5-6,9,12,16H,3-4,8H2,1-2H3,(H,15,17)/t9-,12-/m1/s1. The summed E-state index contributed by atoms with van der Waals surface area (Å²) in [6.45, 7) is 5.10. The van der Waals surface area contributed by atoms with Gasteiger partial charge in [-0.05, 0) is 32.8 Å². The van der Waals surface area contributed by atoms with Gasteiger partial charge in [0.2, 0.25) is 0 Å².